The van der Waals surface area contributed by atoms with Crippen LogP contribution in [0.5, 0.6) is 11.5 Å². The third kappa shape index (κ3) is 3.70. The molecule has 152 valence electrons. The highest BCUT2D eigenvalue weighted by Crippen LogP contribution is 2.41. The molecule has 2 aromatic carbocycles. The highest BCUT2D eigenvalue weighted by atomic mass is 19.1. The van der Waals surface area contributed by atoms with Crippen molar-refractivity contribution in [3.8, 4) is 11.5 Å². The first-order chi connectivity index (χ1) is 14.0. The third-order valence-electron chi connectivity index (χ3n) is 5.26. The van der Waals surface area contributed by atoms with Crippen molar-refractivity contribution in [1.29, 1.82) is 0 Å². The molecular weight excluding hydrogens is 377 g/mol. The summed E-state index contributed by atoms with van der Waals surface area (Å²) < 4.78 is 24.9. The maximum absolute atomic E-state index is 13.7. The van der Waals surface area contributed by atoms with E-state index in [2.05, 4.69) is 15.5 Å². The first kappa shape index (κ1) is 19.0. The normalized spacial score (nSPS) is 18.5. The van der Waals surface area contributed by atoms with Crippen molar-refractivity contribution in [2.24, 2.45) is 0 Å². The summed E-state index contributed by atoms with van der Waals surface area (Å²) in [7, 11) is 1.59. The van der Waals surface area contributed by atoms with E-state index in [1.807, 2.05) is 25.1 Å². The molecule has 0 radical (unpaired) electrons. The third-order valence-corrected chi connectivity index (χ3v) is 5.26. The lowest BCUT2D eigenvalue weighted by Gasteiger charge is -2.42. The SMILES string of the molecule is CNC(=O)C[C@@H]1COc2cc(F)ccc2N1[C@@H](C)c1ccc2c(c1)NC(=O)CO2. The lowest BCUT2D eigenvalue weighted by Crippen LogP contribution is -2.46. The zero-order valence-electron chi connectivity index (χ0n) is 16.2. The van der Waals surface area contributed by atoms with Crippen LogP contribution in [0, 0.1) is 5.82 Å². The second kappa shape index (κ2) is 7.62. The number of benzene rings is 2. The minimum Gasteiger partial charge on any atom is -0.489 e. The van der Waals surface area contributed by atoms with Crippen LogP contribution in [0.3, 0.4) is 0 Å². The van der Waals surface area contributed by atoms with Crippen LogP contribution in [0.1, 0.15) is 24.9 Å². The Kier molecular flexibility index (Phi) is 5.00. The van der Waals surface area contributed by atoms with Crippen molar-refractivity contribution in [3.63, 3.8) is 0 Å². The number of carbonyl (C=O) groups is 2. The van der Waals surface area contributed by atoms with Crippen LogP contribution in [0.2, 0.25) is 0 Å². The van der Waals surface area contributed by atoms with Crippen LogP contribution in [0.15, 0.2) is 36.4 Å². The Hall–Kier alpha value is -3.29. The predicted octanol–water partition coefficient (Wildman–Crippen LogP) is 2.62. The molecule has 8 heteroatoms. The van der Waals surface area contributed by atoms with Gasteiger partial charge in [0.25, 0.3) is 5.91 Å². The molecule has 2 aliphatic heterocycles. The van der Waals surface area contributed by atoms with E-state index in [0.717, 1.165) is 11.3 Å². The van der Waals surface area contributed by atoms with Crippen LogP contribution in [0.4, 0.5) is 15.8 Å². The highest BCUT2D eigenvalue weighted by molar-refractivity contribution is 5.95. The lowest BCUT2D eigenvalue weighted by molar-refractivity contribution is -0.121. The Balaban J connectivity index is 1.71. The number of hydrogen-bond acceptors (Lipinski definition) is 5. The molecule has 2 atom stereocenters. The van der Waals surface area contributed by atoms with Gasteiger partial charge in [0.2, 0.25) is 5.91 Å². The van der Waals surface area contributed by atoms with Gasteiger partial charge in [-0.1, -0.05) is 6.07 Å². The number of anilines is 2. The number of ether oxygens (including phenoxy) is 2. The van der Waals surface area contributed by atoms with Crippen LogP contribution in [-0.4, -0.2) is 38.1 Å². The van der Waals surface area contributed by atoms with E-state index in [-0.39, 0.29) is 49.3 Å². The van der Waals surface area contributed by atoms with Gasteiger partial charge in [-0.2, -0.15) is 0 Å². The number of nitrogens with zero attached hydrogens (tertiary/aromatic N) is 1. The number of rotatable bonds is 4. The fourth-order valence-corrected chi connectivity index (χ4v) is 3.80. The summed E-state index contributed by atoms with van der Waals surface area (Å²) in [5.41, 5.74) is 2.26. The van der Waals surface area contributed by atoms with E-state index in [0.29, 0.717) is 17.2 Å². The second-order valence-electron chi connectivity index (χ2n) is 7.13. The fraction of sp³-hybridized carbons (Fsp3) is 0.333. The fourth-order valence-electron chi connectivity index (χ4n) is 3.80. The first-order valence-electron chi connectivity index (χ1n) is 9.44. The Labute approximate surface area is 167 Å². The van der Waals surface area contributed by atoms with E-state index < -0.39 is 0 Å². The average molecular weight is 399 g/mol. The molecule has 0 saturated heterocycles. The zero-order valence-corrected chi connectivity index (χ0v) is 16.2. The summed E-state index contributed by atoms with van der Waals surface area (Å²) >= 11 is 0. The van der Waals surface area contributed by atoms with Gasteiger partial charge in [-0.15, -0.1) is 0 Å². The molecule has 2 heterocycles. The van der Waals surface area contributed by atoms with E-state index in [9.17, 15) is 14.0 Å². The quantitative estimate of drug-likeness (QED) is 0.826. The largest absolute Gasteiger partial charge is 0.489 e. The zero-order chi connectivity index (χ0) is 20.5. The van der Waals surface area contributed by atoms with Crippen molar-refractivity contribution in [1.82, 2.24) is 5.32 Å². The standard InChI is InChI=1S/C21H22FN3O4/c1-12(13-3-6-18-16(7-13)24-21(27)11-29-18)25-15(9-20(26)23-2)10-28-19-8-14(22)4-5-17(19)25/h3-8,12,15H,9-11H2,1-2H3,(H,23,26)(H,24,27)/t12-,15+/m0/s1. The molecule has 0 unspecified atom stereocenters. The minimum atomic E-state index is -0.380. The van der Waals surface area contributed by atoms with Gasteiger partial charge in [-0.3, -0.25) is 9.59 Å². The van der Waals surface area contributed by atoms with E-state index in [1.165, 1.54) is 12.1 Å². The molecule has 2 N–H and O–H groups in total. The molecule has 7 nitrogen and oxygen atoms in total. The molecule has 0 spiro atoms. The molecule has 0 saturated carbocycles. The van der Waals surface area contributed by atoms with Crippen LogP contribution in [-0.2, 0) is 9.59 Å². The van der Waals surface area contributed by atoms with Crippen molar-refractivity contribution < 1.29 is 23.5 Å². The molecule has 0 aliphatic carbocycles. The smallest absolute Gasteiger partial charge is 0.262 e. The molecule has 2 aliphatic rings. The molecule has 0 bridgehead atoms. The number of nitrogens with one attached hydrogen (secondary N) is 2. The molecule has 2 aromatic rings. The summed E-state index contributed by atoms with van der Waals surface area (Å²) in [6, 6.07) is 9.62. The number of hydrogen-bond donors (Lipinski definition) is 2. The van der Waals surface area contributed by atoms with Crippen LogP contribution in [0.25, 0.3) is 0 Å². The van der Waals surface area contributed by atoms with Gasteiger partial charge < -0.3 is 25.0 Å². The van der Waals surface area contributed by atoms with E-state index in [1.54, 1.807) is 13.1 Å². The molecule has 2 amide bonds. The van der Waals surface area contributed by atoms with E-state index in [4.69, 9.17) is 9.47 Å². The van der Waals surface area contributed by atoms with Crippen molar-refractivity contribution in [2.45, 2.75) is 25.4 Å². The highest BCUT2D eigenvalue weighted by Gasteiger charge is 2.33. The molecule has 0 aromatic heterocycles. The average Bonchev–Trinajstić information content (AvgIpc) is 2.72. The molecular formula is C21H22FN3O4. The van der Waals surface area contributed by atoms with Gasteiger partial charge in [0.1, 0.15) is 23.9 Å². The van der Waals surface area contributed by atoms with Gasteiger partial charge in [0, 0.05) is 13.1 Å². The number of amides is 2. The Bertz CT molecular complexity index is 965. The Morgan fingerprint density at radius 2 is 2.10 bits per heavy atom. The summed E-state index contributed by atoms with van der Waals surface area (Å²) in [5.74, 6) is 0.376. The second-order valence-corrected chi connectivity index (χ2v) is 7.13. The topological polar surface area (TPSA) is 79.9 Å². The number of carbonyl (C=O) groups excluding carboxylic acids is 2. The van der Waals surface area contributed by atoms with Crippen molar-refractivity contribution in [2.75, 3.05) is 30.5 Å². The predicted molar refractivity (Wildman–Crippen MR) is 106 cm³/mol. The van der Waals surface area contributed by atoms with Gasteiger partial charge in [0.05, 0.1) is 29.9 Å². The first-order valence-corrected chi connectivity index (χ1v) is 9.44. The summed E-state index contributed by atoms with van der Waals surface area (Å²) in [6.07, 6.45) is 0.239. The summed E-state index contributed by atoms with van der Waals surface area (Å²) in [5, 5.41) is 5.46. The van der Waals surface area contributed by atoms with E-state index >= 15 is 0 Å². The van der Waals surface area contributed by atoms with Crippen LogP contribution >= 0.6 is 0 Å². The Morgan fingerprint density at radius 1 is 1.28 bits per heavy atom. The Morgan fingerprint density at radius 3 is 2.90 bits per heavy atom. The molecule has 4 rings (SSSR count). The maximum atomic E-state index is 13.7. The van der Waals surface area contributed by atoms with Gasteiger partial charge in [-0.25, -0.2) is 4.39 Å². The molecule has 29 heavy (non-hydrogen) atoms. The summed E-state index contributed by atoms with van der Waals surface area (Å²) in [6.45, 7) is 2.26. The molecule has 0 fully saturated rings. The monoisotopic (exact) mass is 399 g/mol. The van der Waals surface area contributed by atoms with Crippen molar-refractivity contribution in [3.05, 3.63) is 47.8 Å². The van der Waals surface area contributed by atoms with Crippen LogP contribution < -0.4 is 25.0 Å². The number of fused-ring (bicyclic) bond motifs is 2. The summed E-state index contributed by atoms with van der Waals surface area (Å²) in [4.78, 5) is 25.8. The maximum Gasteiger partial charge on any atom is 0.262 e. The van der Waals surface area contributed by atoms with Gasteiger partial charge in [-0.05, 0) is 36.8 Å². The lowest BCUT2D eigenvalue weighted by atomic mass is 9.99. The van der Waals surface area contributed by atoms with Gasteiger partial charge >= 0.3 is 0 Å². The van der Waals surface area contributed by atoms with Gasteiger partial charge in [0.15, 0.2) is 6.61 Å². The van der Waals surface area contributed by atoms with Crippen molar-refractivity contribution >= 4 is 23.2 Å². The minimum absolute atomic E-state index is 0.00148. The number of halogens is 1.